The van der Waals surface area contributed by atoms with Crippen LogP contribution in [0.4, 0.5) is 0 Å². The van der Waals surface area contributed by atoms with E-state index in [0.717, 1.165) is 18.3 Å². The zero-order valence-electron chi connectivity index (χ0n) is 11.2. The number of aromatic hydroxyl groups is 1. The number of hydrogen-bond acceptors (Lipinski definition) is 2. The van der Waals surface area contributed by atoms with Gasteiger partial charge in [0, 0.05) is 0 Å². The number of aryl methyl sites for hydroxylation is 1. The third-order valence-electron chi connectivity index (χ3n) is 4.89. The number of nitrogens with zero attached hydrogens (tertiary/aromatic N) is 1. The van der Waals surface area contributed by atoms with Crippen LogP contribution in [0.3, 0.4) is 0 Å². The molecule has 1 unspecified atom stereocenters. The predicted octanol–water partition coefficient (Wildman–Crippen LogP) is 2.84. The van der Waals surface area contributed by atoms with Crippen molar-refractivity contribution in [3.05, 3.63) is 29.3 Å². The van der Waals surface area contributed by atoms with Gasteiger partial charge in [0.2, 0.25) is 0 Å². The van der Waals surface area contributed by atoms with E-state index in [-0.39, 0.29) is 0 Å². The maximum absolute atomic E-state index is 9.53. The van der Waals surface area contributed by atoms with Gasteiger partial charge in [-0.25, -0.2) is 0 Å². The van der Waals surface area contributed by atoms with Crippen molar-refractivity contribution in [2.45, 2.75) is 32.1 Å². The molecule has 0 spiro atoms. The number of piperidine rings is 1. The van der Waals surface area contributed by atoms with Gasteiger partial charge in [0.05, 0.1) is 0 Å². The Morgan fingerprint density at radius 1 is 1.06 bits per heavy atom. The van der Waals surface area contributed by atoms with Gasteiger partial charge < -0.3 is 10.0 Å². The Morgan fingerprint density at radius 2 is 1.83 bits per heavy atom. The molecule has 2 heteroatoms. The highest BCUT2D eigenvalue weighted by atomic mass is 16.3. The maximum atomic E-state index is 9.53. The third-order valence-corrected chi connectivity index (χ3v) is 4.89. The summed E-state index contributed by atoms with van der Waals surface area (Å²) < 4.78 is 0. The van der Waals surface area contributed by atoms with Crippen LogP contribution in [0.5, 0.6) is 5.75 Å². The van der Waals surface area contributed by atoms with E-state index < -0.39 is 0 Å². The molecule has 98 valence electrons. The molecule has 1 aliphatic heterocycles. The van der Waals surface area contributed by atoms with Crippen molar-refractivity contribution in [1.29, 1.82) is 0 Å². The molecule has 0 aromatic heterocycles. The zero-order chi connectivity index (χ0) is 12.5. The molecule has 2 aliphatic rings. The van der Waals surface area contributed by atoms with Crippen LogP contribution >= 0.6 is 0 Å². The summed E-state index contributed by atoms with van der Waals surface area (Å²) in [5, 5.41) is 9.53. The molecule has 2 nitrogen and oxygen atoms in total. The van der Waals surface area contributed by atoms with Gasteiger partial charge in [-0.15, -0.1) is 0 Å². The highest BCUT2D eigenvalue weighted by molar-refractivity contribution is 5.36. The quantitative estimate of drug-likeness (QED) is 0.822. The molecule has 18 heavy (non-hydrogen) atoms. The number of hydrogen-bond donors (Lipinski definition) is 1. The molecular weight excluding hydrogens is 222 g/mol. The normalized spacial score (nSPS) is 25.9. The van der Waals surface area contributed by atoms with Gasteiger partial charge in [0.15, 0.2) is 0 Å². The first-order valence-corrected chi connectivity index (χ1v) is 7.21. The third kappa shape index (κ3) is 2.39. The lowest BCUT2D eigenvalue weighted by Gasteiger charge is -2.36. The van der Waals surface area contributed by atoms with E-state index in [1.54, 1.807) is 0 Å². The fourth-order valence-electron chi connectivity index (χ4n) is 3.67. The average molecular weight is 245 g/mol. The van der Waals surface area contributed by atoms with Crippen molar-refractivity contribution >= 4 is 0 Å². The Bertz CT molecular complexity index is 421. The molecule has 3 rings (SSSR count). The molecule has 0 saturated carbocycles. The SMILES string of the molecule is CN1CCC(C2CCc3cc(O)ccc3C2)CC1. The van der Waals surface area contributed by atoms with Crippen molar-refractivity contribution in [2.75, 3.05) is 20.1 Å². The summed E-state index contributed by atoms with van der Waals surface area (Å²) in [6, 6.07) is 5.93. The minimum Gasteiger partial charge on any atom is -0.508 e. The number of phenolic OH excluding ortho intramolecular Hbond substituents is 1. The van der Waals surface area contributed by atoms with Gasteiger partial charge in [-0.1, -0.05) is 6.07 Å². The van der Waals surface area contributed by atoms with Crippen LogP contribution in [0.25, 0.3) is 0 Å². The summed E-state index contributed by atoms with van der Waals surface area (Å²) >= 11 is 0. The molecule has 1 aromatic carbocycles. The second-order valence-corrected chi connectivity index (χ2v) is 6.10. The van der Waals surface area contributed by atoms with Crippen LogP contribution in [0.15, 0.2) is 18.2 Å². The van der Waals surface area contributed by atoms with Crippen molar-refractivity contribution < 1.29 is 5.11 Å². The maximum Gasteiger partial charge on any atom is 0.115 e. The number of benzene rings is 1. The van der Waals surface area contributed by atoms with Crippen LogP contribution in [0.1, 0.15) is 30.4 Å². The highest BCUT2D eigenvalue weighted by Gasteiger charge is 2.28. The molecule has 0 amide bonds. The summed E-state index contributed by atoms with van der Waals surface area (Å²) in [5.74, 6) is 2.21. The lowest BCUT2D eigenvalue weighted by atomic mass is 9.74. The second-order valence-electron chi connectivity index (χ2n) is 6.10. The van der Waals surface area contributed by atoms with Gasteiger partial charge in [-0.3, -0.25) is 0 Å². The number of likely N-dealkylation sites (tertiary alicyclic amines) is 1. The minimum absolute atomic E-state index is 0.423. The lowest BCUT2D eigenvalue weighted by Crippen LogP contribution is -2.35. The summed E-state index contributed by atoms with van der Waals surface area (Å²) in [4.78, 5) is 2.45. The molecule has 1 aromatic rings. The van der Waals surface area contributed by atoms with E-state index in [9.17, 15) is 5.11 Å². The van der Waals surface area contributed by atoms with Crippen LogP contribution in [0, 0.1) is 11.8 Å². The molecule has 1 N–H and O–H groups in total. The van der Waals surface area contributed by atoms with Gasteiger partial charge in [0.1, 0.15) is 5.75 Å². The average Bonchev–Trinajstić information content (AvgIpc) is 2.39. The smallest absolute Gasteiger partial charge is 0.115 e. The van der Waals surface area contributed by atoms with Crippen LogP contribution in [-0.4, -0.2) is 30.1 Å². The molecule has 1 aliphatic carbocycles. The lowest BCUT2D eigenvalue weighted by molar-refractivity contribution is 0.161. The van der Waals surface area contributed by atoms with E-state index in [4.69, 9.17) is 0 Å². The topological polar surface area (TPSA) is 23.5 Å². The minimum atomic E-state index is 0.423. The Morgan fingerprint density at radius 3 is 2.61 bits per heavy atom. The molecular formula is C16H23NO. The van der Waals surface area contributed by atoms with E-state index in [1.807, 2.05) is 12.1 Å². The van der Waals surface area contributed by atoms with Crippen molar-refractivity contribution in [1.82, 2.24) is 4.90 Å². The molecule has 1 atom stereocenters. The Labute approximate surface area is 110 Å². The Hall–Kier alpha value is -1.02. The largest absolute Gasteiger partial charge is 0.508 e. The van der Waals surface area contributed by atoms with Crippen LogP contribution in [-0.2, 0) is 12.8 Å². The van der Waals surface area contributed by atoms with E-state index in [1.165, 1.54) is 49.9 Å². The molecule has 0 bridgehead atoms. The summed E-state index contributed by atoms with van der Waals surface area (Å²) in [6.45, 7) is 2.53. The van der Waals surface area contributed by atoms with Gasteiger partial charge in [-0.2, -0.15) is 0 Å². The Balaban J connectivity index is 1.69. The number of rotatable bonds is 1. The van der Waals surface area contributed by atoms with Gasteiger partial charge in [-0.05, 0) is 87.3 Å². The summed E-state index contributed by atoms with van der Waals surface area (Å²) in [6.07, 6.45) is 6.43. The standard InChI is InChI=1S/C16H23NO/c1-17-8-6-12(7-9-17)13-2-3-15-11-16(18)5-4-14(15)10-13/h4-5,11-13,18H,2-3,6-10H2,1H3. The fourth-order valence-corrected chi connectivity index (χ4v) is 3.67. The monoisotopic (exact) mass is 245 g/mol. The van der Waals surface area contributed by atoms with Gasteiger partial charge in [0.25, 0.3) is 0 Å². The highest BCUT2D eigenvalue weighted by Crippen LogP contribution is 2.36. The Kier molecular flexibility index (Phi) is 3.29. The van der Waals surface area contributed by atoms with E-state index >= 15 is 0 Å². The summed E-state index contributed by atoms with van der Waals surface area (Å²) in [5.41, 5.74) is 2.85. The predicted molar refractivity (Wildman–Crippen MR) is 73.8 cm³/mol. The molecule has 1 saturated heterocycles. The summed E-state index contributed by atoms with van der Waals surface area (Å²) in [7, 11) is 2.23. The second kappa shape index (κ2) is 4.93. The van der Waals surface area contributed by atoms with Crippen molar-refractivity contribution in [3.63, 3.8) is 0 Å². The fraction of sp³-hybridized carbons (Fsp3) is 0.625. The molecule has 0 radical (unpaired) electrons. The first-order chi connectivity index (χ1) is 8.72. The number of fused-ring (bicyclic) bond motifs is 1. The van der Waals surface area contributed by atoms with E-state index in [2.05, 4.69) is 18.0 Å². The number of phenols is 1. The zero-order valence-corrected chi connectivity index (χ0v) is 11.2. The van der Waals surface area contributed by atoms with E-state index in [0.29, 0.717) is 5.75 Å². The first-order valence-electron chi connectivity index (χ1n) is 7.21. The first kappa shape index (κ1) is 12.0. The molecule has 1 fully saturated rings. The van der Waals surface area contributed by atoms with Crippen LogP contribution < -0.4 is 0 Å². The van der Waals surface area contributed by atoms with Gasteiger partial charge >= 0.3 is 0 Å². The van der Waals surface area contributed by atoms with Crippen molar-refractivity contribution in [2.24, 2.45) is 11.8 Å². The van der Waals surface area contributed by atoms with Crippen molar-refractivity contribution in [3.8, 4) is 5.75 Å². The van der Waals surface area contributed by atoms with Crippen LogP contribution in [0.2, 0.25) is 0 Å². The molecule has 1 heterocycles.